The van der Waals surface area contributed by atoms with Crippen molar-refractivity contribution in [1.82, 2.24) is 9.80 Å². The molecule has 1 heterocycles. The Bertz CT molecular complexity index is 385. The summed E-state index contributed by atoms with van der Waals surface area (Å²) in [7, 11) is 4.45. The molecule has 0 bridgehead atoms. The van der Waals surface area contributed by atoms with Crippen LogP contribution in [0.5, 0.6) is 0 Å². The van der Waals surface area contributed by atoms with Gasteiger partial charge in [-0.05, 0) is 28.5 Å². The van der Waals surface area contributed by atoms with E-state index < -0.39 is 0 Å². The van der Waals surface area contributed by atoms with Crippen LogP contribution in [0.15, 0.2) is 0 Å². The third-order valence-electron chi connectivity index (χ3n) is 3.39. The second-order valence-corrected chi connectivity index (χ2v) is 8.30. The molecule has 6 nitrogen and oxygen atoms in total. The van der Waals surface area contributed by atoms with E-state index in [1.807, 2.05) is 16.7 Å². The number of methoxy groups -OCH3 is 1. The van der Waals surface area contributed by atoms with E-state index in [9.17, 15) is 10.2 Å². The fourth-order valence-electron chi connectivity index (χ4n) is 1.96. The Kier molecular flexibility index (Phi) is 11.0. The van der Waals surface area contributed by atoms with Crippen LogP contribution in [0.25, 0.3) is 0 Å². The van der Waals surface area contributed by atoms with Crippen molar-refractivity contribution in [3.05, 3.63) is 0 Å². The first-order valence-corrected chi connectivity index (χ1v) is 10.3. The molecule has 1 saturated heterocycles. The average molecular weight is 401 g/mol. The van der Waals surface area contributed by atoms with E-state index in [1.165, 1.54) is 21.6 Å². The lowest BCUT2D eigenvalue weighted by Gasteiger charge is -2.33. The Hall–Kier alpha value is 0.320. The van der Waals surface area contributed by atoms with Gasteiger partial charge in [0.25, 0.3) is 0 Å². The molecule has 1 rings (SSSR count). The first-order valence-electron chi connectivity index (χ1n) is 7.34. The summed E-state index contributed by atoms with van der Waals surface area (Å²) in [6.07, 6.45) is -0.437. The average Bonchev–Trinajstić information content (AvgIpc) is 2.60. The zero-order chi connectivity index (χ0) is 17.2. The van der Waals surface area contributed by atoms with Gasteiger partial charge in [0.2, 0.25) is 0 Å². The fraction of sp³-hybridized carbons (Fsp3) is 0.846. The Morgan fingerprint density at radius 2 is 2.17 bits per heavy atom. The maximum atomic E-state index is 9.22. The third-order valence-corrected chi connectivity index (χ3v) is 7.12. The first kappa shape index (κ1) is 21.4. The van der Waals surface area contributed by atoms with E-state index in [0.717, 1.165) is 17.4 Å². The van der Waals surface area contributed by atoms with Crippen LogP contribution in [0.1, 0.15) is 6.92 Å². The maximum absolute atomic E-state index is 9.22. The number of nitrogens with zero attached hydrogens (tertiary/aromatic N) is 2. The van der Waals surface area contributed by atoms with E-state index in [0.29, 0.717) is 24.0 Å². The molecule has 1 aliphatic rings. The van der Waals surface area contributed by atoms with E-state index >= 15 is 0 Å². The molecular weight excluding hydrogens is 376 g/mol. The van der Waals surface area contributed by atoms with Crippen LogP contribution in [0.4, 0.5) is 0 Å². The van der Waals surface area contributed by atoms with Gasteiger partial charge in [-0.1, -0.05) is 24.4 Å². The summed E-state index contributed by atoms with van der Waals surface area (Å²) in [5.41, 5.74) is 0. The van der Waals surface area contributed by atoms with Gasteiger partial charge in [0.1, 0.15) is 8.64 Å². The summed E-state index contributed by atoms with van der Waals surface area (Å²) in [4.78, 5) is 4.01. The molecule has 0 amide bonds. The van der Waals surface area contributed by atoms with Crippen LogP contribution >= 0.6 is 46.0 Å². The smallest absolute Gasteiger partial charge is 0.147 e. The van der Waals surface area contributed by atoms with Crippen molar-refractivity contribution >= 4 is 54.7 Å². The highest BCUT2D eigenvalue weighted by Crippen LogP contribution is 2.29. The molecule has 0 aromatic heterocycles. The Labute approximate surface area is 156 Å². The van der Waals surface area contributed by atoms with Gasteiger partial charge in [0.15, 0.2) is 0 Å². The molecule has 1 aliphatic heterocycles. The number of ether oxygens (including phenoxy) is 2. The van der Waals surface area contributed by atoms with Gasteiger partial charge in [0, 0.05) is 33.3 Å². The highest BCUT2D eigenvalue weighted by Gasteiger charge is 2.23. The van der Waals surface area contributed by atoms with Crippen LogP contribution in [0, 0.1) is 0 Å². The molecule has 1 fully saturated rings. The van der Waals surface area contributed by atoms with Gasteiger partial charge in [-0.2, -0.15) is 0 Å². The molecule has 134 valence electrons. The lowest BCUT2D eigenvalue weighted by Crippen LogP contribution is -2.45. The summed E-state index contributed by atoms with van der Waals surface area (Å²) >= 11 is 10.9. The van der Waals surface area contributed by atoms with E-state index in [2.05, 4.69) is 0 Å². The van der Waals surface area contributed by atoms with Crippen LogP contribution in [0.3, 0.4) is 0 Å². The number of hydrogen-bond acceptors (Lipinski definition) is 8. The first-order chi connectivity index (χ1) is 11.0. The predicted molar refractivity (Wildman–Crippen MR) is 104 cm³/mol. The quantitative estimate of drug-likeness (QED) is 0.498. The van der Waals surface area contributed by atoms with E-state index in [4.69, 9.17) is 33.9 Å². The van der Waals surface area contributed by atoms with Crippen molar-refractivity contribution in [1.29, 1.82) is 0 Å². The molecule has 0 saturated carbocycles. The molecule has 10 heteroatoms. The fourth-order valence-corrected chi connectivity index (χ4v) is 4.72. The lowest BCUT2D eigenvalue weighted by molar-refractivity contribution is -0.0327. The molecule has 2 unspecified atom stereocenters. The predicted octanol–water partition coefficient (Wildman–Crippen LogP) is 0.960. The van der Waals surface area contributed by atoms with Gasteiger partial charge < -0.3 is 29.5 Å². The van der Waals surface area contributed by atoms with Crippen molar-refractivity contribution in [2.75, 3.05) is 53.1 Å². The molecule has 0 radical (unpaired) electrons. The van der Waals surface area contributed by atoms with E-state index in [-0.39, 0.29) is 25.4 Å². The van der Waals surface area contributed by atoms with Gasteiger partial charge >= 0.3 is 0 Å². The minimum atomic E-state index is -0.255. The minimum Gasteiger partial charge on any atom is -0.394 e. The van der Waals surface area contributed by atoms with Crippen molar-refractivity contribution < 1.29 is 19.7 Å². The normalized spacial score (nSPS) is 19.5. The van der Waals surface area contributed by atoms with Gasteiger partial charge in [-0.25, -0.2) is 0 Å². The van der Waals surface area contributed by atoms with Crippen molar-refractivity contribution in [3.8, 4) is 0 Å². The summed E-state index contributed by atoms with van der Waals surface area (Å²) in [5.74, 6) is 0. The summed E-state index contributed by atoms with van der Waals surface area (Å²) in [6, 6.07) is 0. The largest absolute Gasteiger partial charge is 0.394 e. The van der Waals surface area contributed by atoms with Gasteiger partial charge in [-0.3, -0.25) is 0 Å². The standard InChI is InChI=1S/C13H24N2O4S4/c1-3-14(6-10(8-16)18-2)12(20)22-23-13(21)15-4-5-19-11(7-15)9-17/h10-11,16-17H,3-9H2,1-2H3. The summed E-state index contributed by atoms with van der Waals surface area (Å²) in [6.45, 7) is 5.14. The molecule has 2 atom stereocenters. The van der Waals surface area contributed by atoms with E-state index in [1.54, 1.807) is 7.11 Å². The topological polar surface area (TPSA) is 65.4 Å². The van der Waals surface area contributed by atoms with Crippen LogP contribution < -0.4 is 0 Å². The molecule has 0 spiro atoms. The molecule has 0 aromatic carbocycles. The zero-order valence-electron chi connectivity index (χ0n) is 13.3. The summed E-state index contributed by atoms with van der Waals surface area (Å²) in [5, 5.41) is 18.4. The summed E-state index contributed by atoms with van der Waals surface area (Å²) < 4.78 is 12.1. The Morgan fingerprint density at radius 1 is 1.43 bits per heavy atom. The molecular formula is C13H24N2O4S4. The number of rotatable bonds is 6. The van der Waals surface area contributed by atoms with Crippen molar-refractivity contribution in [2.24, 2.45) is 0 Å². The SMILES string of the molecule is CCN(CC(CO)OC)C(=S)SSC(=S)N1CCOC(CO)C1. The monoisotopic (exact) mass is 400 g/mol. The van der Waals surface area contributed by atoms with Crippen LogP contribution in [-0.4, -0.2) is 94.0 Å². The lowest BCUT2D eigenvalue weighted by atomic mass is 10.3. The number of aliphatic hydroxyl groups excluding tert-OH is 2. The number of thiocarbonyl (C=S) groups is 2. The second-order valence-electron chi connectivity index (χ2n) is 4.90. The molecule has 2 N–H and O–H groups in total. The Balaban J connectivity index is 2.42. The van der Waals surface area contributed by atoms with Crippen LogP contribution in [0.2, 0.25) is 0 Å². The van der Waals surface area contributed by atoms with Gasteiger partial charge in [-0.15, -0.1) is 0 Å². The number of likely N-dealkylation sites (N-methyl/N-ethyl adjacent to an activating group) is 1. The minimum absolute atomic E-state index is 0.00147. The van der Waals surface area contributed by atoms with Gasteiger partial charge in [0.05, 0.1) is 32.0 Å². The van der Waals surface area contributed by atoms with Crippen molar-refractivity contribution in [3.63, 3.8) is 0 Å². The molecule has 23 heavy (non-hydrogen) atoms. The number of hydrogen-bond donors (Lipinski definition) is 2. The van der Waals surface area contributed by atoms with Crippen LogP contribution in [-0.2, 0) is 9.47 Å². The molecule has 0 aromatic rings. The molecule has 0 aliphatic carbocycles. The third kappa shape index (κ3) is 7.39. The Morgan fingerprint density at radius 3 is 2.74 bits per heavy atom. The second kappa shape index (κ2) is 11.8. The van der Waals surface area contributed by atoms with Crippen molar-refractivity contribution in [2.45, 2.75) is 19.1 Å². The highest BCUT2D eigenvalue weighted by atomic mass is 33.1. The maximum Gasteiger partial charge on any atom is 0.147 e. The highest BCUT2D eigenvalue weighted by molar-refractivity contribution is 8.89. The number of aliphatic hydroxyl groups is 2. The zero-order valence-corrected chi connectivity index (χ0v) is 16.6. The number of morpholine rings is 1.